The van der Waals surface area contributed by atoms with Crippen LogP contribution >= 0.6 is 0 Å². The minimum absolute atomic E-state index is 0.00987. The summed E-state index contributed by atoms with van der Waals surface area (Å²) in [5.74, 6) is -3.71. The zero-order chi connectivity index (χ0) is 16.1. The summed E-state index contributed by atoms with van der Waals surface area (Å²) in [5, 5.41) is 26.9. The predicted octanol–water partition coefficient (Wildman–Crippen LogP) is 2.09. The molecule has 0 saturated heterocycles. The lowest BCUT2D eigenvalue weighted by Crippen LogP contribution is -2.22. The Morgan fingerprint density at radius 2 is 1.55 bits per heavy atom. The summed E-state index contributed by atoms with van der Waals surface area (Å²) in [6.45, 7) is 7.73. The van der Waals surface area contributed by atoms with Crippen LogP contribution in [0.3, 0.4) is 0 Å². The summed E-state index contributed by atoms with van der Waals surface area (Å²) in [6.07, 6.45) is 2.58. The molecule has 0 spiro atoms. The monoisotopic (exact) mass is 282 g/mol. The van der Waals surface area contributed by atoms with Gasteiger partial charge in [0.05, 0.1) is 0 Å². The second-order valence-electron chi connectivity index (χ2n) is 4.53. The Morgan fingerprint density at radius 3 is 1.85 bits per heavy atom. The van der Waals surface area contributed by atoms with E-state index in [1.54, 1.807) is 6.92 Å². The van der Waals surface area contributed by atoms with Crippen LogP contribution in [-0.4, -0.2) is 33.2 Å². The Labute approximate surface area is 116 Å². The molecule has 0 fully saturated rings. The standard InChI is InChI=1S/C14H18O6/c1-5-10(13(19)20)7-14(4,9(3)12(17)18)6-8(2)11(15)16/h6-7H,3,5H2,1-2,4H3,(H,15,16)(H,17,18)(H,19,20). The summed E-state index contributed by atoms with van der Waals surface area (Å²) in [6, 6.07) is 0. The maximum atomic E-state index is 11.1. The van der Waals surface area contributed by atoms with Crippen molar-refractivity contribution in [1.82, 2.24) is 0 Å². The van der Waals surface area contributed by atoms with Gasteiger partial charge in [-0.2, -0.15) is 0 Å². The molecular formula is C14H18O6. The van der Waals surface area contributed by atoms with Gasteiger partial charge in [-0.05, 0) is 20.3 Å². The molecule has 0 aliphatic carbocycles. The zero-order valence-corrected chi connectivity index (χ0v) is 11.6. The molecule has 0 radical (unpaired) electrons. The molecule has 3 N–H and O–H groups in total. The molecule has 6 heteroatoms. The summed E-state index contributed by atoms with van der Waals surface area (Å²) in [4.78, 5) is 33.0. The SMILES string of the molecule is C=C(C(=O)O)C(C)(C=C(C)C(=O)O)C=C(CC)C(=O)O. The van der Waals surface area contributed by atoms with Gasteiger partial charge in [0.1, 0.15) is 0 Å². The van der Waals surface area contributed by atoms with E-state index in [0.29, 0.717) is 0 Å². The highest BCUT2D eigenvalue weighted by Crippen LogP contribution is 2.33. The van der Waals surface area contributed by atoms with Gasteiger partial charge in [-0.1, -0.05) is 25.7 Å². The molecule has 1 atom stereocenters. The summed E-state index contributed by atoms with van der Waals surface area (Å²) in [7, 11) is 0. The quantitative estimate of drug-likeness (QED) is 0.616. The smallest absolute Gasteiger partial charge is 0.332 e. The van der Waals surface area contributed by atoms with Crippen LogP contribution in [0.5, 0.6) is 0 Å². The Hall–Kier alpha value is -2.37. The van der Waals surface area contributed by atoms with Gasteiger partial charge in [-0.25, -0.2) is 14.4 Å². The first-order valence-electron chi connectivity index (χ1n) is 5.85. The second kappa shape index (κ2) is 6.70. The Kier molecular flexibility index (Phi) is 5.90. The van der Waals surface area contributed by atoms with Crippen LogP contribution in [-0.2, 0) is 14.4 Å². The lowest BCUT2D eigenvalue weighted by atomic mass is 9.79. The van der Waals surface area contributed by atoms with Gasteiger partial charge in [-0.15, -0.1) is 0 Å². The fraction of sp³-hybridized carbons (Fsp3) is 0.357. The molecule has 6 nitrogen and oxygen atoms in total. The Balaban J connectivity index is 6.03. The molecule has 0 aromatic heterocycles. The van der Waals surface area contributed by atoms with Gasteiger partial charge in [0, 0.05) is 22.1 Å². The normalized spacial score (nSPS) is 15.3. The van der Waals surface area contributed by atoms with E-state index >= 15 is 0 Å². The lowest BCUT2D eigenvalue weighted by Gasteiger charge is -2.24. The Bertz CT molecular complexity index is 512. The average molecular weight is 282 g/mol. The molecule has 0 aliphatic heterocycles. The van der Waals surface area contributed by atoms with E-state index in [2.05, 4.69) is 6.58 Å². The molecule has 0 rings (SSSR count). The van der Waals surface area contributed by atoms with Gasteiger partial charge < -0.3 is 15.3 Å². The highest BCUT2D eigenvalue weighted by Gasteiger charge is 2.30. The summed E-state index contributed by atoms with van der Waals surface area (Å²) in [5.41, 5.74) is -1.79. The first-order valence-corrected chi connectivity index (χ1v) is 5.85. The van der Waals surface area contributed by atoms with Gasteiger partial charge in [0.15, 0.2) is 0 Å². The number of hydrogen-bond acceptors (Lipinski definition) is 3. The van der Waals surface area contributed by atoms with Crippen molar-refractivity contribution < 1.29 is 29.7 Å². The fourth-order valence-electron chi connectivity index (χ4n) is 1.63. The third-order valence-corrected chi connectivity index (χ3v) is 2.89. The lowest BCUT2D eigenvalue weighted by molar-refractivity contribution is -0.134. The van der Waals surface area contributed by atoms with Crippen LogP contribution in [0.1, 0.15) is 27.2 Å². The van der Waals surface area contributed by atoms with Crippen LogP contribution in [0.4, 0.5) is 0 Å². The Morgan fingerprint density at radius 1 is 1.05 bits per heavy atom. The number of hydrogen-bond donors (Lipinski definition) is 3. The molecule has 0 heterocycles. The van der Waals surface area contributed by atoms with E-state index < -0.39 is 23.3 Å². The van der Waals surface area contributed by atoms with Crippen molar-refractivity contribution in [3.63, 3.8) is 0 Å². The summed E-state index contributed by atoms with van der Waals surface area (Å²) >= 11 is 0. The molecule has 0 aromatic carbocycles. The second-order valence-corrected chi connectivity index (χ2v) is 4.53. The molecule has 0 aromatic rings. The minimum Gasteiger partial charge on any atom is -0.478 e. The maximum Gasteiger partial charge on any atom is 0.332 e. The van der Waals surface area contributed by atoms with E-state index in [1.807, 2.05) is 0 Å². The molecule has 1 unspecified atom stereocenters. The number of rotatable bonds is 7. The minimum atomic E-state index is -1.39. The van der Waals surface area contributed by atoms with Crippen LogP contribution < -0.4 is 0 Å². The van der Waals surface area contributed by atoms with Gasteiger partial charge in [0.2, 0.25) is 0 Å². The molecule has 0 amide bonds. The third-order valence-electron chi connectivity index (χ3n) is 2.89. The third kappa shape index (κ3) is 4.38. The molecule has 20 heavy (non-hydrogen) atoms. The number of carbonyl (C=O) groups is 3. The van der Waals surface area contributed by atoms with E-state index in [4.69, 9.17) is 15.3 Å². The highest BCUT2D eigenvalue weighted by atomic mass is 16.4. The van der Waals surface area contributed by atoms with E-state index in [1.165, 1.54) is 26.0 Å². The number of carboxylic acids is 3. The van der Waals surface area contributed by atoms with Crippen molar-refractivity contribution >= 4 is 17.9 Å². The zero-order valence-electron chi connectivity index (χ0n) is 11.6. The molecule has 0 bridgehead atoms. The van der Waals surface area contributed by atoms with Crippen LogP contribution in [0, 0.1) is 5.41 Å². The maximum absolute atomic E-state index is 11.1. The highest BCUT2D eigenvalue weighted by molar-refractivity contribution is 5.92. The molecule has 110 valence electrons. The predicted molar refractivity (Wildman–Crippen MR) is 72.3 cm³/mol. The van der Waals surface area contributed by atoms with E-state index in [-0.39, 0.29) is 23.1 Å². The van der Waals surface area contributed by atoms with Crippen molar-refractivity contribution in [3.05, 3.63) is 35.5 Å². The first-order chi connectivity index (χ1) is 9.05. The molecule has 0 saturated carbocycles. The fourth-order valence-corrected chi connectivity index (χ4v) is 1.63. The number of aliphatic carboxylic acids is 3. The van der Waals surface area contributed by atoms with Crippen molar-refractivity contribution in [2.45, 2.75) is 27.2 Å². The molecular weight excluding hydrogens is 264 g/mol. The van der Waals surface area contributed by atoms with Crippen molar-refractivity contribution in [2.24, 2.45) is 5.41 Å². The topological polar surface area (TPSA) is 112 Å². The van der Waals surface area contributed by atoms with Crippen LogP contribution in [0.15, 0.2) is 35.5 Å². The molecule has 0 aliphatic rings. The van der Waals surface area contributed by atoms with Crippen LogP contribution in [0.2, 0.25) is 0 Å². The van der Waals surface area contributed by atoms with Crippen molar-refractivity contribution in [1.29, 1.82) is 0 Å². The number of carboxylic acid groups (broad SMARTS) is 3. The van der Waals surface area contributed by atoms with E-state index in [9.17, 15) is 14.4 Å². The van der Waals surface area contributed by atoms with Crippen molar-refractivity contribution in [3.8, 4) is 0 Å². The average Bonchev–Trinajstić information content (AvgIpc) is 2.34. The van der Waals surface area contributed by atoms with Crippen LogP contribution in [0.25, 0.3) is 0 Å². The largest absolute Gasteiger partial charge is 0.478 e. The van der Waals surface area contributed by atoms with Gasteiger partial charge >= 0.3 is 17.9 Å². The number of allylic oxidation sites excluding steroid dienone is 2. The van der Waals surface area contributed by atoms with Crippen molar-refractivity contribution in [2.75, 3.05) is 0 Å². The van der Waals surface area contributed by atoms with E-state index in [0.717, 1.165) is 0 Å². The summed E-state index contributed by atoms with van der Waals surface area (Å²) < 4.78 is 0. The van der Waals surface area contributed by atoms with Gasteiger partial charge in [-0.3, -0.25) is 0 Å². The first kappa shape index (κ1) is 17.6. The van der Waals surface area contributed by atoms with Gasteiger partial charge in [0.25, 0.3) is 0 Å².